The third-order valence-electron chi connectivity index (χ3n) is 13.5. The van der Waals surface area contributed by atoms with Gasteiger partial charge in [0.05, 0.1) is 25.2 Å². The lowest BCUT2D eigenvalue weighted by Gasteiger charge is -2.24. The van der Waals surface area contributed by atoms with Crippen molar-refractivity contribution in [3.8, 4) is 0 Å². The Balaban J connectivity index is 4.53. The lowest BCUT2D eigenvalue weighted by molar-refractivity contribution is -0.150. The molecule has 6 nitrogen and oxygen atoms in total. The van der Waals surface area contributed by atoms with Crippen LogP contribution < -0.4 is 5.32 Å². The van der Waals surface area contributed by atoms with Crippen molar-refractivity contribution in [3.05, 3.63) is 24.3 Å². The third-order valence-corrected chi connectivity index (χ3v) is 13.5. The largest absolute Gasteiger partial charge is 0.462 e. The summed E-state index contributed by atoms with van der Waals surface area (Å²) in [5.74, 6) is -0.535. The summed E-state index contributed by atoms with van der Waals surface area (Å²) in [6.45, 7) is 6.51. The van der Waals surface area contributed by atoms with Crippen molar-refractivity contribution in [2.75, 3.05) is 6.61 Å². The summed E-state index contributed by atoms with van der Waals surface area (Å²) >= 11 is 0. The van der Waals surface area contributed by atoms with Gasteiger partial charge in [-0.1, -0.05) is 283 Å². The highest BCUT2D eigenvalue weighted by Crippen LogP contribution is 2.19. The first-order chi connectivity index (χ1) is 32.0. The number of ether oxygens (including phenoxy) is 1. The lowest BCUT2D eigenvalue weighted by atomic mass is 10.0. The van der Waals surface area contributed by atoms with Crippen molar-refractivity contribution in [2.24, 2.45) is 0 Å². The number of carbonyl (C=O) groups excluding carboxylic acids is 2. The molecule has 0 spiro atoms. The molecule has 3 atom stereocenters. The van der Waals surface area contributed by atoms with Gasteiger partial charge in [0.1, 0.15) is 6.10 Å². The van der Waals surface area contributed by atoms with Gasteiger partial charge in [0.2, 0.25) is 5.91 Å². The molecule has 0 aromatic heterocycles. The smallest absolute Gasteiger partial charge is 0.306 e. The maximum Gasteiger partial charge on any atom is 0.306 e. The van der Waals surface area contributed by atoms with Crippen LogP contribution in [-0.2, 0) is 14.3 Å². The van der Waals surface area contributed by atoms with E-state index in [-0.39, 0.29) is 24.9 Å². The fourth-order valence-electron chi connectivity index (χ4n) is 9.13. The zero-order valence-corrected chi connectivity index (χ0v) is 43.9. The Hall–Kier alpha value is -1.66. The molecule has 65 heavy (non-hydrogen) atoms. The Bertz CT molecular complexity index is 1030. The topological polar surface area (TPSA) is 95.9 Å². The summed E-state index contributed by atoms with van der Waals surface area (Å²) in [5.41, 5.74) is 0. The van der Waals surface area contributed by atoms with Crippen molar-refractivity contribution >= 4 is 11.9 Å². The number of carbonyl (C=O) groups is 2. The second kappa shape index (κ2) is 53.3. The average molecular weight is 917 g/mol. The summed E-state index contributed by atoms with van der Waals surface area (Å²) in [6, 6.07) is -0.708. The molecular formula is C59H113NO5. The molecule has 0 aliphatic carbocycles. The quantitative estimate of drug-likeness (QED) is 0.0321. The Kier molecular flexibility index (Phi) is 51.9. The number of hydrogen-bond acceptors (Lipinski definition) is 5. The number of amides is 1. The maximum atomic E-state index is 13.3. The summed E-state index contributed by atoms with van der Waals surface area (Å²) < 4.78 is 5.92. The number of nitrogens with one attached hydrogen (secondary N) is 1. The van der Waals surface area contributed by atoms with Gasteiger partial charge in [-0.25, -0.2) is 0 Å². The predicted octanol–water partition coefficient (Wildman–Crippen LogP) is 17.9. The second-order valence-electron chi connectivity index (χ2n) is 20.1. The number of rotatable bonds is 53. The molecular weight excluding hydrogens is 803 g/mol. The molecule has 0 aromatic carbocycles. The van der Waals surface area contributed by atoms with Crippen LogP contribution in [0.2, 0.25) is 0 Å². The van der Waals surface area contributed by atoms with Crippen LogP contribution in [0, 0.1) is 0 Å². The van der Waals surface area contributed by atoms with E-state index in [0.29, 0.717) is 25.7 Å². The third kappa shape index (κ3) is 48.6. The second-order valence-corrected chi connectivity index (χ2v) is 20.1. The molecule has 3 N–H and O–H groups in total. The normalized spacial score (nSPS) is 13.2. The average Bonchev–Trinajstić information content (AvgIpc) is 3.30. The van der Waals surface area contributed by atoms with E-state index in [4.69, 9.17) is 4.74 Å². The van der Waals surface area contributed by atoms with Crippen LogP contribution >= 0.6 is 0 Å². The summed E-state index contributed by atoms with van der Waals surface area (Å²) in [6.07, 6.45) is 62.6. The van der Waals surface area contributed by atoms with Gasteiger partial charge in [-0.2, -0.15) is 0 Å². The fraction of sp³-hybridized carbons (Fsp3) is 0.898. The van der Waals surface area contributed by atoms with Gasteiger partial charge in [0.15, 0.2) is 0 Å². The van der Waals surface area contributed by atoms with Crippen molar-refractivity contribution in [2.45, 2.75) is 334 Å². The van der Waals surface area contributed by atoms with Crippen molar-refractivity contribution in [1.29, 1.82) is 0 Å². The van der Waals surface area contributed by atoms with Crippen LogP contribution in [0.15, 0.2) is 24.3 Å². The molecule has 0 aliphatic rings. The van der Waals surface area contributed by atoms with E-state index in [2.05, 4.69) is 50.4 Å². The number of allylic oxidation sites excluding steroid dienone is 4. The minimum atomic E-state index is -0.793. The highest BCUT2D eigenvalue weighted by atomic mass is 16.5. The number of hydrogen-bond donors (Lipinski definition) is 3. The van der Waals surface area contributed by atoms with Gasteiger partial charge >= 0.3 is 5.97 Å². The predicted molar refractivity (Wildman–Crippen MR) is 283 cm³/mol. The molecule has 0 bridgehead atoms. The van der Waals surface area contributed by atoms with Gasteiger partial charge < -0.3 is 20.3 Å². The molecule has 3 unspecified atom stereocenters. The van der Waals surface area contributed by atoms with Gasteiger partial charge in [-0.05, 0) is 44.9 Å². The van der Waals surface area contributed by atoms with Crippen molar-refractivity contribution in [1.82, 2.24) is 5.32 Å². The minimum absolute atomic E-state index is 0.0616. The monoisotopic (exact) mass is 916 g/mol. The molecule has 0 aliphatic heterocycles. The first-order valence-electron chi connectivity index (χ1n) is 29.1. The summed E-state index contributed by atoms with van der Waals surface area (Å²) in [5, 5.41) is 23.9. The van der Waals surface area contributed by atoms with Crippen LogP contribution in [-0.4, -0.2) is 46.9 Å². The Morgan fingerprint density at radius 3 is 1.17 bits per heavy atom. The lowest BCUT2D eigenvalue weighted by Crippen LogP contribution is -2.46. The van der Waals surface area contributed by atoms with Crippen LogP contribution in [0.3, 0.4) is 0 Å². The fourth-order valence-corrected chi connectivity index (χ4v) is 9.13. The summed E-state index contributed by atoms with van der Waals surface area (Å²) in [7, 11) is 0. The van der Waals surface area contributed by atoms with Crippen LogP contribution in [0.25, 0.3) is 0 Å². The maximum absolute atomic E-state index is 13.3. The molecule has 0 heterocycles. The van der Waals surface area contributed by atoms with E-state index in [1.165, 1.54) is 225 Å². The first kappa shape index (κ1) is 63.3. The van der Waals surface area contributed by atoms with Crippen molar-refractivity contribution < 1.29 is 24.5 Å². The molecule has 0 aromatic rings. The van der Waals surface area contributed by atoms with Crippen molar-refractivity contribution in [3.63, 3.8) is 0 Å². The number of esters is 1. The highest BCUT2D eigenvalue weighted by Gasteiger charge is 2.24. The molecule has 384 valence electrons. The Morgan fingerprint density at radius 2 is 0.785 bits per heavy atom. The van der Waals surface area contributed by atoms with Crippen LogP contribution in [0.4, 0.5) is 0 Å². The van der Waals surface area contributed by atoms with E-state index in [1.807, 2.05) is 0 Å². The molecule has 0 rings (SSSR count). The van der Waals surface area contributed by atoms with Gasteiger partial charge in [0.25, 0.3) is 0 Å². The minimum Gasteiger partial charge on any atom is -0.462 e. The van der Waals surface area contributed by atoms with E-state index in [9.17, 15) is 19.8 Å². The Morgan fingerprint density at radius 1 is 0.446 bits per heavy atom. The van der Waals surface area contributed by atoms with E-state index in [0.717, 1.165) is 38.5 Å². The summed E-state index contributed by atoms with van der Waals surface area (Å²) in [4.78, 5) is 26.2. The molecule has 0 fully saturated rings. The van der Waals surface area contributed by atoms with Gasteiger partial charge in [-0.3, -0.25) is 9.59 Å². The van der Waals surface area contributed by atoms with E-state index in [1.54, 1.807) is 0 Å². The zero-order valence-electron chi connectivity index (χ0n) is 43.9. The molecule has 6 heteroatoms. The van der Waals surface area contributed by atoms with E-state index >= 15 is 0 Å². The SMILES string of the molecule is CCCCCCCC/C=C\C/C=C/CCC(=O)OC(CCCCCCCCCCCCCCCCCC)CC(=O)NC(CO)C(O)CCCCCCCCCCCCCCCCCCC. The Labute approximate surface area is 405 Å². The standard InChI is InChI=1S/C59H113NO5/c1-4-7-10-13-16-19-22-25-27-29-31-34-36-39-42-45-48-51-57(62)56(54-61)60-58(63)53-55(50-47-44-41-38-35-33-30-28-26-23-20-17-14-11-8-5-2)65-59(64)52-49-46-43-40-37-32-24-21-18-15-12-9-6-3/h32,37,43,46,55-57,61-62H,4-31,33-36,38-42,44-45,47-54H2,1-3H3,(H,60,63)/b37-32-,46-43+. The van der Waals surface area contributed by atoms with Crippen LogP contribution in [0.5, 0.6) is 0 Å². The van der Waals surface area contributed by atoms with E-state index < -0.39 is 18.2 Å². The molecule has 0 saturated carbocycles. The van der Waals surface area contributed by atoms with Gasteiger partial charge in [0, 0.05) is 6.42 Å². The number of aliphatic hydroxyl groups is 2. The van der Waals surface area contributed by atoms with Crippen LogP contribution in [0.1, 0.15) is 316 Å². The number of unbranched alkanes of at least 4 members (excludes halogenated alkanes) is 37. The molecule has 1 amide bonds. The van der Waals surface area contributed by atoms with Gasteiger partial charge in [-0.15, -0.1) is 0 Å². The highest BCUT2D eigenvalue weighted by molar-refractivity contribution is 5.77. The zero-order chi connectivity index (χ0) is 47.4. The molecule has 0 saturated heterocycles. The number of aliphatic hydroxyl groups excluding tert-OH is 2. The first-order valence-corrected chi connectivity index (χ1v) is 29.1. The molecule has 0 radical (unpaired) electrons.